The number of benzene rings is 9. The third-order valence-electron chi connectivity index (χ3n) is 10.8. The SMILES string of the molecule is c1ccc(-c2ccccc2-c2ccccc2N(c2ccccc2)c2cccc3c2c2ccccc2n3-c2ccccc2-c2ccccc2-c2ccccc2)cc1. The van der Waals surface area contributed by atoms with Gasteiger partial charge in [0, 0.05) is 27.6 Å². The largest absolute Gasteiger partial charge is 0.309 e. The molecule has 56 heavy (non-hydrogen) atoms. The van der Waals surface area contributed by atoms with Gasteiger partial charge >= 0.3 is 0 Å². The molecule has 0 spiro atoms. The van der Waals surface area contributed by atoms with Crippen molar-refractivity contribution in [2.45, 2.75) is 0 Å². The fourth-order valence-corrected chi connectivity index (χ4v) is 8.40. The van der Waals surface area contributed by atoms with Crippen molar-refractivity contribution in [3.8, 4) is 50.2 Å². The molecule has 0 aliphatic carbocycles. The zero-order chi connectivity index (χ0) is 37.3. The first-order chi connectivity index (χ1) is 27.8. The number of anilines is 3. The predicted octanol–water partition coefficient (Wildman–Crippen LogP) is 14.9. The van der Waals surface area contributed by atoms with E-state index in [4.69, 9.17) is 0 Å². The van der Waals surface area contributed by atoms with E-state index < -0.39 is 0 Å². The van der Waals surface area contributed by atoms with Gasteiger partial charge in [0.25, 0.3) is 0 Å². The lowest BCUT2D eigenvalue weighted by molar-refractivity contribution is 1.18. The number of hydrogen-bond acceptors (Lipinski definition) is 1. The molecule has 0 aliphatic heterocycles. The minimum atomic E-state index is 1.10. The fourth-order valence-electron chi connectivity index (χ4n) is 8.40. The van der Waals surface area contributed by atoms with Crippen LogP contribution in [0.2, 0.25) is 0 Å². The Labute approximate surface area is 327 Å². The Morgan fingerprint density at radius 3 is 1.39 bits per heavy atom. The van der Waals surface area contributed by atoms with E-state index in [9.17, 15) is 0 Å². The van der Waals surface area contributed by atoms with Gasteiger partial charge < -0.3 is 9.47 Å². The maximum Gasteiger partial charge on any atom is 0.0562 e. The molecule has 0 fully saturated rings. The highest BCUT2D eigenvalue weighted by atomic mass is 15.2. The Hall–Kier alpha value is -7.42. The molecule has 1 heterocycles. The number of aromatic nitrogens is 1. The third-order valence-corrected chi connectivity index (χ3v) is 10.8. The van der Waals surface area contributed by atoms with Gasteiger partial charge in [0.05, 0.1) is 28.1 Å². The molecule has 10 aromatic rings. The maximum absolute atomic E-state index is 2.46. The van der Waals surface area contributed by atoms with Crippen molar-refractivity contribution in [1.29, 1.82) is 0 Å². The van der Waals surface area contributed by atoms with Gasteiger partial charge in [0.1, 0.15) is 0 Å². The second-order valence-corrected chi connectivity index (χ2v) is 14.1. The second kappa shape index (κ2) is 14.4. The summed E-state index contributed by atoms with van der Waals surface area (Å²) in [5.41, 5.74) is 16.3. The van der Waals surface area contributed by atoms with Crippen LogP contribution in [0, 0.1) is 0 Å². The van der Waals surface area contributed by atoms with Gasteiger partial charge in [-0.2, -0.15) is 0 Å². The van der Waals surface area contributed by atoms with E-state index in [-0.39, 0.29) is 0 Å². The number of nitrogens with zero attached hydrogens (tertiary/aromatic N) is 2. The van der Waals surface area contributed by atoms with Gasteiger partial charge in [-0.3, -0.25) is 0 Å². The minimum Gasteiger partial charge on any atom is -0.309 e. The Balaban J connectivity index is 1.24. The average Bonchev–Trinajstić information content (AvgIpc) is 3.62. The Kier molecular flexibility index (Phi) is 8.55. The molecular formula is C54H38N2. The zero-order valence-electron chi connectivity index (χ0n) is 30.8. The van der Waals surface area contributed by atoms with Crippen molar-refractivity contribution < 1.29 is 0 Å². The molecule has 0 N–H and O–H groups in total. The van der Waals surface area contributed by atoms with Crippen molar-refractivity contribution in [1.82, 2.24) is 4.57 Å². The van der Waals surface area contributed by atoms with Gasteiger partial charge in [0.15, 0.2) is 0 Å². The first kappa shape index (κ1) is 33.2. The first-order valence-corrected chi connectivity index (χ1v) is 19.2. The van der Waals surface area contributed by atoms with E-state index in [0.717, 1.165) is 33.8 Å². The summed E-state index contributed by atoms with van der Waals surface area (Å²) in [6, 6.07) is 83.0. The predicted molar refractivity (Wildman–Crippen MR) is 237 cm³/mol. The summed E-state index contributed by atoms with van der Waals surface area (Å²) in [6.07, 6.45) is 0. The van der Waals surface area contributed by atoms with Gasteiger partial charge in [-0.05, 0) is 75.8 Å². The molecule has 0 saturated heterocycles. The average molecular weight is 715 g/mol. The molecule has 1 aromatic heterocycles. The lowest BCUT2D eigenvalue weighted by atomic mass is 9.93. The maximum atomic E-state index is 2.46. The highest BCUT2D eigenvalue weighted by Gasteiger charge is 2.24. The van der Waals surface area contributed by atoms with E-state index in [1.807, 2.05) is 0 Å². The van der Waals surface area contributed by atoms with Crippen LogP contribution in [-0.2, 0) is 0 Å². The Bertz CT molecular complexity index is 2960. The number of hydrogen-bond donors (Lipinski definition) is 0. The highest BCUT2D eigenvalue weighted by Crippen LogP contribution is 2.48. The lowest BCUT2D eigenvalue weighted by Crippen LogP contribution is -2.11. The molecule has 0 saturated carbocycles. The summed E-state index contributed by atoms with van der Waals surface area (Å²) in [5, 5.41) is 2.40. The smallest absolute Gasteiger partial charge is 0.0562 e. The Morgan fingerprint density at radius 1 is 0.286 bits per heavy atom. The molecule has 2 heteroatoms. The van der Waals surface area contributed by atoms with Crippen molar-refractivity contribution >= 4 is 38.9 Å². The molecule has 10 rings (SSSR count). The molecule has 0 bridgehead atoms. The zero-order valence-corrected chi connectivity index (χ0v) is 30.8. The summed E-state index contributed by atoms with van der Waals surface area (Å²) in [7, 11) is 0. The highest BCUT2D eigenvalue weighted by molar-refractivity contribution is 6.17. The molecule has 2 nitrogen and oxygen atoms in total. The van der Waals surface area contributed by atoms with Crippen LogP contribution in [0.3, 0.4) is 0 Å². The van der Waals surface area contributed by atoms with Crippen LogP contribution >= 0.6 is 0 Å². The monoisotopic (exact) mass is 714 g/mol. The van der Waals surface area contributed by atoms with Crippen LogP contribution in [0.5, 0.6) is 0 Å². The summed E-state index contributed by atoms with van der Waals surface area (Å²) in [4.78, 5) is 2.45. The molecule has 264 valence electrons. The van der Waals surface area contributed by atoms with Crippen LogP contribution in [-0.4, -0.2) is 4.57 Å². The first-order valence-electron chi connectivity index (χ1n) is 19.2. The van der Waals surface area contributed by atoms with E-state index in [1.54, 1.807) is 0 Å². The normalized spacial score (nSPS) is 11.2. The third kappa shape index (κ3) is 5.76. The number of fused-ring (bicyclic) bond motifs is 3. The van der Waals surface area contributed by atoms with Crippen molar-refractivity contribution in [3.05, 3.63) is 231 Å². The van der Waals surface area contributed by atoms with Gasteiger partial charge in [-0.15, -0.1) is 0 Å². The second-order valence-electron chi connectivity index (χ2n) is 14.1. The molecule has 9 aromatic carbocycles. The van der Waals surface area contributed by atoms with Gasteiger partial charge in [0.2, 0.25) is 0 Å². The summed E-state index contributed by atoms with van der Waals surface area (Å²) in [5.74, 6) is 0. The topological polar surface area (TPSA) is 8.17 Å². The van der Waals surface area contributed by atoms with E-state index in [1.165, 1.54) is 55.3 Å². The van der Waals surface area contributed by atoms with Crippen molar-refractivity contribution in [2.24, 2.45) is 0 Å². The summed E-state index contributed by atoms with van der Waals surface area (Å²) in [6.45, 7) is 0. The molecule has 0 amide bonds. The molecule has 0 radical (unpaired) electrons. The van der Waals surface area contributed by atoms with Crippen LogP contribution < -0.4 is 4.90 Å². The summed E-state index contributed by atoms with van der Waals surface area (Å²) < 4.78 is 2.46. The quantitative estimate of drug-likeness (QED) is 0.152. The van der Waals surface area contributed by atoms with Crippen LogP contribution in [0.4, 0.5) is 17.1 Å². The van der Waals surface area contributed by atoms with E-state index in [2.05, 4.69) is 240 Å². The van der Waals surface area contributed by atoms with Crippen molar-refractivity contribution in [2.75, 3.05) is 4.90 Å². The van der Waals surface area contributed by atoms with Gasteiger partial charge in [-0.1, -0.05) is 188 Å². The Morgan fingerprint density at radius 2 is 0.732 bits per heavy atom. The minimum absolute atomic E-state index is 1.10. The van der Waals surface area contributed by atoms with E-state index in [0.29, 0.717) is 0 Å². The van der Waals surface area contributed by atoms with Gasteiger partial charge in [-0.25, -0.2) is 0 Å². The standard InChI is InChI=1S/C54H38N2/c1-4-21-39(22-5-1)42-27-10-12-29-44(42)46-31-14-17-34-49(46)55(41-25-8-3-9-26-41)52-37-20-38-53-54(52)48-33-16-19-36-51(48)56(53)50-35-18-15-32-47(50)45-30-13-11-28-43(45)40-23-6-2-7-24-40/h1-38H. The van der Waals surface area contributed by atoms with Crippen LogP contribution in [0.25, 0.3) is 72.0 Å². The number of para-hydroxylation sites is 4. The number of rotatable bonds is 8. The van der Waals surface area contributed by atoms with Crippen molar-refractivity contribution in [3.63, 3.8) is 0 Å². The molecule has 0 atom stereocenters. The van der Waals surface area contributed by atoms with Crippen LogP contribution in [0.15, 0.2) is 231 Å². The fraction of sp³-hybridized carbons (Fsp3) is 0. The lowest BCUT2D eigenvalue weighted by Gasteiger charge is -2.29. The summed E-state index contributed by atoms with van der Waals surface area (Å²) >= 11 is 0. The molecule has 0 unspecified atom stereocenters. The molecular weight excluding hydrogens is 677 g/mol. The van der Waals surface area contributed by atoms with E-state index >= 15 is 0 Å². The molecule has 0 aliphatic rings. The van der Waals surface area contributed by atoms with Crippen LogP contribution in [0.1, 0.15) is 0 Å².